The molecule has 0 saturated carbocycles. The Morgan fingerprint density at radius 1 is 0.256 bits per heavy atom. The Kier molecular flexibility index (Phi) is 40.7. The Balaban J connectivity index is 3.02. The van der Waals surface area contributed by atoms with Crippen LogP contribution in [-0.2, 0) is 71.1 Å². The molecule has 0 amide bonds. The van der Waals surface area contributed by atoms with Crippen LogP contribution >= 0.6 is 0 Å². The molecule has 0 heterocycles. The predicted molar refractivity (Wildman–Crippen MR) is 153 cm³/mol. The molecule has 43 heavy (non-hydrogen) atoms. The maximum atomic E-state index is 5.46. The van der Waals surface area contributed by atoms with Crippen molar-refractivity contribution in [1.82, 2.24) is 0 Å². The molecule has 0 bridgehead atoms. The molecule has 0 atom stereocenters. The van der Waals surface area contributed by atoms with Crippen LogP contribution in [-0.4, -0.2) is 180 Å². The molecule has 0 aromatic carbocycles. The van der Waals surface area contributed by atoms with Crippen molar-refractivity contribution in [2.45, 2.75) is 0 Å². The van der Waals surface area contributed by atoms with Gasteiger partial charge in [-0.05, 0) is 0 Å². The van der Waals surface area contributed by atoms with Gasteiger partial charge in [0, 0.05) is 7.11 Å². The van der Waals surface area contributed by atoms with E-state index in [1.54, 1.807) is 7.11 Å². The van der Waals surface area contributed by atoms with E-state index in [4.69, 9.17) is 76.8 Å². The normalized spacial score (nSPS) is 11.6. The topological polar surface area (TPSA) is 164 Å². The Labute approximate surface area is 256 Å². The summed E-state index contributed by atoms with van der Waals surface area (Å²) in [6, 6.07) is 0. The van der Waals surface area contributed by atoms with Crippen molar-refractivity contribution in [3.8, 4) is 0 Å². The molecule has 0 aliphatic rings. The molecular weight excluding hydrogens is 578 g/mol. The quantitative estimate of drug-likeness (QED) is 0.0686. The zero-order chi connectivity index (χ0) is 31.0. The molecular formula is C27H57NO15. The van der Waals surface area contributed by atoms with Crippen LogP contribution < -0.4 is 5.73 Å². The lowest BCUT2D eigenvalue weighted by Crippen LogP contribution is -2.15. The first-order valence-corrected chi connectivity index (χ1v) is 14.7. The number of methoxy groups -OCH3 is 1. The van der Waals surface area contributed by atoms with E-state index in [2.05, 4.69) is 0 Å². The van der Waals surface area contributed by atoms with Crippen molar-refractivity contribution in [3.05, 3.63) is 0 Å². The fourth-order valence-corrected chi connectivity index (χ4v) is 2.69. The van der Waals surface area contributed by atoms with Gasteiger partial charge in [-0.2, -0.15) is 0 Å². The van der Waals surface area contributed by atoms with E-state index in [9.17, 15) is 0 Å². The molecule has 0 aliphatic heterocycles. The SMILES string of the molecule is COCCOCCOCCOCCOCCOCCOCCOCCOCCOCCOCCOCOCOCOCN. The van der Waals surface area contributed by atoms with E-state index in [1.165, 1.54) is 0 Å². The van der Waals surface area contributed by atoms with Gasteiger partial charge in [-0.1, -0.05) is 0 Å². The van der Waals surface area contributed by atoms with E-state index >= 15 is 0 Å². The van der Waals surface area contributed by atoms with E-state index in [0.29, 0.717) is 145 Å². The Hall–Kier alpha value is -0.640. The first kappa shape index (κ1) is 42.4. The predicted octanol–water partition coefficient (Wildman–Crippen LogP) is -0.346. The van der Waals surface area contributed by atoms with Gasteiger partial charge in [0.2, 0.25) is 0 Å². The summed E-state index contributed by atoms with van der Waals surface area (Å²) in [4.78, 5) is 0. The van der Waals surface area contributed by atoms with Gasteiger partial charge >= 0.3 is 0 Å². The van der Waals surface area contributed by atoms with Crippen LogP contribution in [0, 0.1) is 0 Å². The van der Waals surface area contributed by atoms with Crippen molar-refractivity contribution in [2.24, 2.45) is 5.73 Å². The highest BCUT2D eigenvalue weighted by Gasteiger charge is 1.96. The second kappa shape index (κ2) is 41.4. The summed E-state index contributed by atoms with van der Waals surface area (Å²) in [6.45, 7) is 11.6. The average molecular weight is 636 g/mol. The second-order valence-electron chi connectivity index (χ2n) is 8.16. The molecule has 0 aromatic rings. The van der Waals surface area contributed by atoms with Crippen LogP contribution in [0.2, 0.25) is 0 Å². The van der Waals surface area contributed by atoms with Gasteiger partial charge in [0.25, 0.3) is 0 Å². The van der Waals surface area contributed by atoms with E-state index < -0.39 is 0 Å². The van der Waals surface area contributed by atoms with Crippen molar-refractivity contribution < 1.29 is 71.1 Å². The Bertz CT molecular complexity index is 446. The van der Waals surface area contributed by atoms with Gasteiger partial charge in [-0.25, -0.2) is 0 Å². The van der Waals surface area contributed by atoms with Gasteiger partial charge in [-0.15, -0.1) is 0 Å². The molecule has 16 heteroatoms. The van der Waals surface area contributed by atoms with Crippen LogP contribution in [0.25, 0.3) is 0 Å². The summed E-state index contributed by atoms with van der Waals surface area (Å²) in [5.41, 5.74) is 5.14. The fraction of sp³-hybridized carbons (Fsp3) is 1.00. The van der Waals surface area contributed by atoms with E-state index in [0.717, 1.165) is 0 Å². The number of rotatable bonds is 40. The summed E-state index contributed by atoms with van der Waals surface area (Å²) in [5.74, 6) is 0. The van der Waals surface area contributed by atoms with Crippen molar-refractivity contribution in [1.29, 1.82) is 0 Å². The summed E-state index contributed by atoms with van der Waals surface area (Å²) >= 11 is 0. The van der Waals surface area contributed by atoms with Crippen LogP contribution in [0.1, 0.15) is 0 Å². The Morgan fingerprint density at radius 3 is 0.721 bits per heavy atom. The minimum absolute atomic E-state index is 0.0791. The zero-order valence-corrected chi connectivity index (χ0v) is 26.1. The zero-order valence-electron chi connectivity index (χ0n) is 26.1. The minimum atomic E-state index is 0.0791. The number of ether oxygens (including phenoxy) is 15. The molecule has 16 nitrogen and oxygen atoms in total. The molecule has 0 aliphatic carbocycles. The molecule has 2 N–H and O–H groups in total. The molecule has 0 aromatic heterocycles. The van der Waals surface area contributed by atoms with Gasteiger partial charge in [0.15, 0.2) is 13.6 Å². The summed E-state index contributed by atoms with van der Waals surface area (Å²) in [5, 5.41) is 0. The lowest BCUT2D eigenvalue weighted by atomic mass is 10.6. The lowest BCUT2D eigenvalue weighted by molar-refractivity contribution is -0.172. The first-order valence-electron chi connectivity index (χ1n) is 14.7. The highest BCUT2D eigenvalue weighted by Crippen LogP contribution is 1.87. The highest BCUT2D eigenvalue weighted by molar-refractivity contribution is 4.39. The first-order chi connectivity index (χ1) is 21.4. The van der Waals surface area contributed by atoms with E-state index in [1.807, 2.05) is 0 Å². The average Bonchev–Trinajstić information content (AvgIpc) is 3.02. The smallest absolute Gasteiger partial charge is 0.152 e. The molecule has 0 rings (SSSR count). The van der Waals surface area contributed by atoms with Gasteiger partial charge in [-0.3, -0.25) is 0 Å². The second-order valence-corrected chi connectivity index (χ2v) is 8.16. The third kappa shape index (κ3) is 41.4. The lowest BCUT2D eigenvalue weighted by Gasteiger charge is -2.09. The molecule has 0 radical (unpaired) electrons. The van der Waals surface area contributed by atoms with Gasteiger partial charge in [0.05, 0.1) is 152 Å². The maximum absolute atomic E-state index is 5.46. The van der Waals surface area contributed by atoms with Crippen molar-refractivity contribution >= 4 is 0 Å². The number of hydrogen-bond donors (Lipinski definition) is 1. The highest BCUT2D eigenvalue weighted by atomic mass is 16.8. The standard InChI is InChI=1S/C27H57NO15/c1-29-2-3-30-4-5-31-6-7-32-8-9-33-10-11-34-12-13-35-14-15-36-16-17-37-18-19-38-20-21-39-22-23-40-25-42-27-43-26-41-24-28/h2-28H2,1H3. The largest absolute Gasteiger partial charge is 0.382 e. The third-order valence-electron chi connectivity index (χ3n) is 4.77. The molecule has 0 saturated heterocycles. The van der Waals surface area contributed by atoms with E-state index in [-0.39, 0.29) is 27.1 Å². The number of nitrogens with two attached hydrogens (primary N) is 1. The van der Waals surface area contributed by atoms with Gasteiger partial charge in [0.1, 0.15) is 6.79 Å². The summed E-state index contributed by atoms with van der Waals surface area (Å²) < 4.78 is 79.1. The van der Waals surface area contributed by atoms with Crippen LogP contribution in [0.5, 0.6) is 0 Å². The van der Waals surface area contributed by atoms with Crippen LogP contribution in [0.15, 0.2) is 0 Å². The Morgan fingerprint density at radius 2 is 0.465 bits per heavy atom. The van der Waals surface area contributed by atoms with Crippen LogP contribution in [0.3, 0.4) is 0 Å². The monoisotopic (exact) mass is 635 g/mol. The molecule has 0 unspecified atom stereocenters. The summed E-state index contributed by atoms with van der Waals surface area (Å²) in [7, 11) is 1.64. The molecule has 260 valence electrons. The van der Waals surface area contributed by atoms with Crippen molar-refractivity contribution in [2.75, 3.05) is 180 Å². The maximum Gasteiger partial charge on any atom is 0.152 e. The van der Waals surface area contributed by atoms with Crippen LogP contribution in [0.4, 0.5) is 0 Å². The number of hydrogen-bond acceptors (Lipinski definition) is 16. The molecule has 0 fully saturated rings. The molecule has 0 spiro atoms. The third-order valence-corrected chi connectivity index (χ3v) is 4.77. The summed E-state index contributed by atoms with van der Waals surface area (Å²) in [6.07, 6.45) is 0. The minimum Gasteiger partial charge on any atom is -0.382 e. The fourth-order valence-electron chi connectivity index (χ4n) is 2.69. The van der Waals surface area contributed by atoms with Crippen molar-refractivity contribution in [3.63, 3.8) is 0 Å². The van der Waals surface area contributed by atoms with Gasteiger partial charge < -0.3 is 76.8 Å².